The van der Waals surface area contributed by atoms with Crippen LogP contribution in [0, 0.1) is 0 Å². The molecule has 0 bridgehead atoms. The molecular weight excluding hydrogens is 192 g/mol. The third-order valence-corrected chi connectivity index (χ3v) is 2.52. The Balaban J connectivity index is 2.79. The molecule has 0 amide bonds. The van der Waals surface area contributed by atoms with Crippen LogP contribution in [0.15, 0.2) is 21.7 Å². The van der Waals surface area contributed by atoms with Gasteiger partial charge in [0.05, 0.1) is 0 Å². The van der Waals surface area contributed by atoms with Crippen molar-refractivity contribution in [1.82, 2.24) is 0 Å². The average Bonchev–Trinajstić information content (AvgIpc) is 2.13. The van der Waals surface area contributed by atoms with E-state index in [1.165, 1.54) is 5.57 Å². The molecule has 10 heavy (non-hydrogen) atoms. The zero-order valence-corrected chi connectivity index (χ0v) is 7.66. The number of hydrogen-bond acceptors (Lipinski definition) is 1. The lowest BCUT2D eigenvalue weighted by Gasteiger charge is -1.92. The van der Waals surface area contributed by atoms with E-state index in [1.807, 2.05) is 13.0 Å². The van der Waals surface area contributed by atoms with E-state index in [0.717, 1.165) is 16.5 Å². The van der Waals surface area contributed by atoms with E-state index in [1.54, 1.807) is 6.92 Å². The van der Waals surface area contributed by atoms with E-state index in [9.17, 15) is 4.79 Å². The van der Waals surface area contributed by atoms with Gasteiger partial charge in [0.1, 0.15) is 0 Å². The summed E-state index contributed by atoms with van der Waals surface area (Å²) in [4.78, 5) is 10.8. The second kappa shape index (κ2) is 2.70. The van der Waals surface area contributed by atoms with Gasteiger partial charge in [0.25, 0.3) is 0 Å². The Morgan fingerprint density at radius 1 is 1.70 bits per heavy atom. The summed E-state index contributed by atoms with van der Waals surface area (Å²) in [6, 6.07) is 0. The molecule has 0 spiro atoms. The van der Waals surface area contributed by atoms with E-state index in [0.29, 0.717) is 0 Å². The van der Waals surface area contributed by atoms with Gasteiger partial charge in [0, 0.05) is 16.5 Å². The van der Waals surface area contributed by atoms with Crippen molar-refractivity contribution in [1.29, 1.82) is 0 Å². The SMILES string of the molecule is CC(=O)C1=CC(C)=C(Br)C1. The predicted molar refractivity (Wildman–Crippen MR) is 45.0 cm³/mol. The van der Waals surface area contributed by atoms with Crippen LogP contribution >= 0.6 is 15.9 Å². The number of hydrogen-bond donors (Lipinski definition) is 0. The number of ketones is 1. The van der Waals surface area contributed by atoms with Crippen LogP contribution < -0.4 is 0 Å². The second-order valence-electron chi connectivity index (χ2n) is 2.49. The van der Waals surface area contributed by atoms with Crippen molar-refractivity contribution in [3.8, 4) is 0 Å². The number of allylic oxidation sites excluding steroid dienone is 4. The number of rotatable bonds is 1. The third kappa shape index (κ3) is 1.37. The minimum atomic E-state index is 0.175. The van der Waals surface area contributed by atoms with Crippen LogP contribution in [-0.4, -0.2) is 5.78 Å². The Morgan fingerprint density at radius 2 is 2.30 bits per heavy atom. The van der Waals surface area contributed by atoms with E-state index in [-0.39, 0.29) is 5.78 Å². The highest BCUT2D eigenvalue weighted by Gasteiger charge is 2.13. The molecule has 0 radical (unpaired) electrons. The van der Waals surface area contributed by atoms with Gasteiger partial charge in [0.15, 0.2) is 5.78 Å². The Morgan fingerprint density at radius 3 is 2.50 bits per heavy atom. The van der Waals surface area contributed by atoms with Crippen molar-refractivity contribution in [3.63, 3.8) is 0 Å². The molecular formula is C8H9BrO. The lowest BCUT2D eigenvalue weighted by atomic mass is 10.2. The maximum atomic E-state index is 10.8. The maximum absolute atomic E-state index is 10.8. The molecule has 0 N–H and O–H groups in total. The minimum Gasteiger partial charge on any atom is -0.295 e. The summed E-state index contributed by atoms with van der Waals surface area (Å²) in [5, 5.41) is 0. The third-order valence-electron chi connectivity index (χ3n) is 1.62. The van der Waals surface area contributed by atoms with Gasteiger partial charge < -0.3 is 0 Å². The Labute approximate surface area is 68.9 Å². The van der Waals surface area contributed by atoms with Gasteiger partial charge in [-0.05, 0) is 19.4 Å². The highest BCUT2D eigenvalue weighted by molar-refractivity contribution is 9.11. The molecule has 0 fully saturated rings. The van der Waals surface area contributed by atoms with Crippen molar-refractivity contribution in [3.05, 3.63) is 21.7 Å². The number of carbonyl (C=O) groups is 1. The number of carbonyl (C=O) groups excluding carboxylic acids is 1. The largest absolute Gasteiger partial charge is 0.295 e. The van der Waals surface area contributed by atoms with Crippen molar-refractivity contribution >= 4 is 21.7 Å². The molecule has 1 aliphatic carbocycles. The smallest absolute Gasteiger partial charge is 0.156 e. The molecule has 0 saturated carbocycles. The van der Waals surface area contributed by atoms with Crippen molar-refractivity contribution in [2.24, 2.45) is 0 Å². The van der Waals surface area contributed by atoms with Crippen LogP contribution in [0.2, 0.25) is 0 Å². The fourth-order valence-corrected chi connectivity index (χ4v) is 1.34. The summed E-state index contributed by atoms with van der Waals surface area (Å²) >= 11 is 3.39. The summed E-state index contributed by atoms with van der Waals surface area (Å²) in [5.41, 5.74) is 2.08. The van der Waals surface area contributed by atoms with Crippen molar-refractivity contribution in [2.75, 3.05) is 0 Å². The molecule has 2 heteroatoms. The summed E-state index contributed by atoms with van der Waals surface area (Å²) < 4.78 is 1.14. The van der Waals surface area contributed by atoms with Crippen molar-refractivity contribution in [2.45, 2.75) is 20.3 Å². The summed E-state index contributed by atoms with van der Waals surface area (Å²) in [5.74, 6) is 0.175. The minimum absolute atomic E-state index is 0.175. The first-order valence-electron chi connectivity index (χ1n) is 3.18. The molecule has 54 valence electrons. The Hall–Kier alpha value is -0.370. The van der Waals surface area contributed by atoms with E-state index in [2.05, 4.69) is 15.9 Å². The van der Waals surface area contributed by atoms with Crippen LogP contribution in [0.25, 0.3) is 0 Å². The summed E-state index contributed by atoms with van der Waals surface area (Å²) in [7, 11) is 0. The molecule has 0 aromatic carbocycles. The van der Waals surface area contributed by atoms with Crippen LogP contribution in [0.3, 0.4) is 0 Å². The highest BCUT2D eigenvalue weighted by Crippen LogP contribution is 2.29. The van der Waals surface area contributed by atoms with Gasteiger partial charge in [-0.15, -0.1) is 0 Å². The van der Waals surface area contributed by atoms with Crippen LogP contribution in [-0.2, 0) is 4.79 Å². The fraction of sp³-hybridized carbons (Fsp3) is 0.375. The lowest BCUT2D eigenvalue weighted by Crippen LogP contribution is -1.92. The van der Waals surface area contributed by atoms with Gasteiger partial charge in [-0.3, -0.25) is 4.79 Å². The van der Waals surface area contributed by atoms with Gasteiger partial charge in [0.2, 0.25) is 0 Å². The van der Waals surface area contributed by atoms with Gasteiger partial charge in [-0.2, -0.15) is 0 Å². The molecule has 0 aromatic rings. The molecule has 1 nitrogen and oxygen atoms in total. The first-order valence-corrected chi connectivity index (χ1v) is 3.97. The molecule has 0 atom stereocenters. The zero-order valence-electron chi connectivity index (χ0n) is 6.07. The molecule has 1 aliphatic rings. The van der Waals surface area contributed by atoms with Gasteiger partial charge >= 0.3 is 0 Å². The quantitative estimate of drug-likeness (QED) is 0.637. The fourth-order valence-electron chi connectivity index (χ4n) is 0.923. The monoisotopic (exact) mass is 200 g/mol. The molecule has 1 rings (SSSR count). The summed E-state index contributed by atoms with van der Waals surface area (Å²) in [6.45, 7) is 3.60. The van der Waals surface area contributed by atoms with Crippen LogP contribution in [0.4, 0.5) is 0 Å². The normalized spacial score (nSPS) is 17.7. The number of Topliss-reactive ketones (excluding diaryl/α,β-unsaturated/α-hetero) is 1. The predicted octanol–water partition coefficient (Wildman–Crippen LogP) is 2.57. The first-order chi connectivity index (χ1) is 4.61. The zero-order chi connectivity index (χ0) is 7.72. The topological polar surface area (TPSA) is 17.1 Å². The molecule has 0 aromatic heterocycles. The van der Waals surface area contributed by atoms with E-state index in [4.69, 9.17) is 0 Å². The highest BCUT2D eigenvalue weighted by atomic mass is 79.9. The van der Waals surface area contributed by atoms with E-state index < -0.39 is 0 Å². The Bertz CT molecular complexity index is 236. The maximum Gasteiger partial charge on any atom is 0.156 e. The van der Waals surface area contributed by atoms with E-state index >= 15 is 0 Å². The standard InChI is InChI=1S/C8H9BrO/c1-5-3-7(6(2)10)4-8(5)9/h3H,4H2,1-2H3. The first kappa shape index (κ1) is 7.73. The van der Waals surface area contributed by atoms with Crippen LogP contribution in [0.5, 0.6) is 0 Å². The molecule has 0 saturated heterocycles. The van der Waals surface area contributed by atoms with Gasteiger partial charge in [-0.25, -0.2) is 0 Å². The Kier molecular flexibility index (Phi) is 2.09. The van der Waals surface area contributed by atoms with Crippen LogP contribution in [0.1, 0.15) is 20.3 Å². The molecule has 0 heterocycles. The van der Waals surface area contributed by atoms with Crippen molar-refractivity contribution < 1.29 is 4.79 Å². The molecule has 0 aliphatic heterocycles. The lowest BCUT2D eigenvalue weighted by molar-refractivity contribution is -0.113. The number of halogens is 1. The second-order valence-corrected chi connectivity index (χ2v) is 3.45. The van der Waals surface area contributed by atoms with Gasteiger partial charge in [-0.1, -0.05) is 22.0 Å². The average molecular weight is 201 g/mol. The molecule has 0 unspecified atom stereocenters. The summed E-state index contributed by atoms with van der Waals surface area (Å²) in [6.07, 6.45) is 2.72.